The van der Waals surface area contributed by atoms with Crippen molar-refractivity contribution in [2.24, 2.45) is 5.92 Å². The molecule has 6 nitrogen and oxygen atoms in total. The second kappa shape index (κ2) is 9.22. The average Bonchev–Trinajstić information content (AvgIpc) is 3.29. The maximum absolute atomic E-state index is 13.1. The van der Waals surface area contributed by atoms with E-state index in [1.807, 2.05) is 34.1 Å². The van der Waals surface area contributed by atoms with Crippen molar-refractivity contribution >= 4 is 28.9 Å². The molecule has 2 saturated heterocycles. The summed E-state index contributed by atoms with van der Waals surface area (Å²) in [5.41, 5.74) is 0.900. The minimum absolute atomic E-state index is 0.0116. The monoisotopic (exact) mass is 440 g/mol. The zero-order valence-corrected chi connectivity index (χ0v) is 18.8. The van der Waals surface area contributed by atoms with E-state index in [0.29, 0.717) is 35.2 Å². The summed E-state index contributed by atoms with van der Waals surface area (Å²) in [4.78, 5) is 42.9. The first-order valence-electron chi connectivity index (χ1n) is 10.8. The van der Waals surface area contributed by atoms with Crippen LogP contribution in [0.5, 0.6) is 5.75 Å². The van der Waals surface area contributed by atoms with Crippen LogP contribution in [-0.2, 0) is 11.2 Å². The van der Waals surface area contributed by atoms with E-state index in [-0.39, 0.29) is 23.6 Å². The van der Waals surface area contributed by atoms with Crippen LogP contribution in [0.1, 0.15) is 51.1 Å². The largest absolute Gasteiger partial charge is 0.496 e. The molecule has 0 N–H and O–H groups in total. The fourth-order valence-corrected chi connectivity index (χ4v) is 5.65. The second-order valence-corrected chi connectivity index (χ2v) is 9.39. The minimum atomic E-state index is -0.0116. The summed E-state index contributed by atoms with van der Waals surface area (Å²) in [6.07, 6.45) is 3.08. The standard InChI is InChI=1S/C24H28N2O4S/c1-16(27)21-9-10-22(31-21)24(29)26-12-5-7-18-15-25(13-11-19(18)26)23(28)14-17-6-3-4-8-20(17)30-2/h3-4,6,8-10,18-19H,5,7,11-15H2,1-2H3/t18-,19-/m1/s1. The van der Waals surface area contributed by atoms with Gasteiger partial charge in [0.1, 0.15) is 5.75 Å². The molecule has 2 atom stereocenters. The van der Waals surface area contributed by atoms with E-state index in [1.54, 1.807) is 19.2 Å². The van der Waals surface area contributed by atoms with Gasteiger partial charge in [0.25, 0.3) is 5.91 Å². The molecule has 2 aromatic rings. The first kappa shape index (κ1) is 21.6. The van der Waals surface area contributed by atoms with Crippen LogP contribution in [0, 0.1) is 5.92 Å². The van der Waals surface area contributed by atoms with Crippen molar-refractivity contribution in [3.05, 3.63) is 51.7 Å². The molecule has 0 aliphatic carbocycles. The van der Waals surface area contributed by atoms with Gasteiger partial charge in [-0.15, -0.1) is 11.3 Å². The highest BCUT2D eigenvalue weighted by atomic mass is 32.1. The summed E-state index contributed by atoms with van der Waals surface area (Å²) in [5.74, 6) is 1.14. The van der Waals surface area contributed by atoms with E-state index >= 15 is 0 Å². The molecule has 2 fully saturated rings. The van der Waals surface area contributed by atoms with Crippen LogP contribution >= 0.6 is 11.3 Å². The van der Waals surface area contributed by atoms with Gasteiger partial charge in [-0.1, -0.05) is 18.2 Å². The zero-order chi connectivity index (χ0) is 22.0. The number of ketones is 1. The average molecular weight is 441 g/mol. The Bertz CT molecular complexity index is 985. The Morgan fingerprint density at radius 2 is 1.84 bits per heavy atom. The Labute approximate surface area is 186 Å². The number of likely N-dealkylation sites (tertiary alicyclic amines) is 2. The summed E-state index contributed by atoms with van der Waals surface area (Å²) in [6, 6.07) is 11.3. The molecule has 164 valence electrons. The number of carbonyl (C=O) groups excluding carboxylic acids is 3. The predicted molar refractivity (Wildman–Crippen MR) is 120 cm³/mol. The third-order valence-corrected chi connectivity index (χ3v) is 7.55. The van der Waals surface area contributed by atoms with Crippen LogP contribution in [0.4, 0.5) is 0 Å². The number of methoxy groups -OCH3 is 1. The number of benzene rings is 1. The third kappa shape index (κ3) is 4.51. The first-order valence-corrected chi connectivity index (χ1v) is 11.6. The molecular weight excluding hydrogens is 412 g/mol. The topological polar surface area (TPSA) is 66.9 Å². The van der Waals surface area contributed by atoms with Gasteiger partial charge in [0, 0.05) is 31.2 Å². The number of carbonyl (C=O) groups is 3. The van der Waals surface area contributed by atoms with Gasteiger partial charge in [-0.3, -0.25) is 14.4 Å². The summed E-state index contributed by atoms with van der Waals surface area (Å²) in [5, 5.41) is 0. The molecule has 7 heteroatoms. The lowest BCUT2D eigenvalue weighted by Gasteiger charge is -2.47. The lowest BCUT2D eigenvalue weighted by molar-refractivity contribution is -0.133. The Morgan fingerprint density at radius 1 is 1.06 bits per heavy atom. The lowest BCUT2D eigenvalue weighted by atomic mass is 9.83. The number of rotatable bonds is 5. The fraction of sp³-hybridized carbons (Fsp3) is 0.458. The van der Waals surface area contributed by atoms with Gasteiger partial charge in [-0.25, -0.2) is 0 Å². The SMILES string of the molecule is COc1ccccc1CC(=O)N1CC[C@@H]2[C@H](CCCN2C(=O)c2ccc(C(C)=O)s2)C1. The van der Waals surface area contributed by atoms with Gasteiger partial charge >= 0.3 is 0 Å². The highest BCUT2D eigenvalue weighted by molar-refractivity contribution is 7.15. The maximum atomic E-state index is 13.1. The Kier molecular flexibility index (Phi) is 6.41. The van der Waals surface area contributed by atoms with Crippen molar-refractivity contribution < 1.29 is 19.1 Å². The first-order chi connectivity index (χ1) is 15.0. The normalized spacial score (nSPS) is 20.8. The summed E-state index contributed by atoms with van der Waals surface area (Å²) in [6.45, 7) is 3.60. The number of amides is 2. The van der Waals surface area contributed by atoms with Crippen LogP contribution in [0.3, 0.4) is 0 Å². The molecule has 31 heavy (non-hydrogen) atoms. The number of piperidine rings is 2. The molecule has 1 aromatic carbocycles. The molecule has 1 aromatic heterocycles. The number of ether oxygens (including phenoxy) is 1. The molecule has 0 spiro atoms. The molecule has 4 rings (SSSR count). The van der Waals surface area contributed by atoms with E-state index in [9.17, 15) is 14.4 Å². The van der Waals surface area contributed by atoms with Gasteiger partial charge in [0.2, 0.25) is 5.91 Å². The highest BCUT2D eigenvalue weighted by Crippen LogP contribution is 2.33. The van der Waals surface area contributed by atoms with Gasteiger partial charge in [-0.2, -0.15) is 0 Å². The molecular formula is C24H28N2O4S. The van der Waals surface area contributed by atoms with Crippen molar-refractivity contribution in [2.75, 3.05) is 26.7 Å². The van der Waals surface area contributed by atoms with Gasteiger partial charge < -0.3 is 14.5 Å². The van der Waals surface area contributed by atoms with Crippen LogP contribution in [0.2, 0.25) is 0 Å². The zero-order valence-electron chi connectivity index (χ0n) is 18.0. The van der Waals surface area contributed by atoms with E-state index < -0.39 is 0 Å². The Hall–Kier alpha value is -2.67. The number of hydrogen-bond donors (Lipinski definition) is 0. The summed E-state index contributed by atoms with van der Waals surface area (Å²) in [7, 11) is 1.62. The molecule has 0 radical (unpaired) electrons. The molecule has 0 unspecified atom stereocenters. The van der Waals surface area contributed by atoms with Gasteiger partial charge in [0.05, 0.1) is 23.3 Å². The molecule has 2 aliphatic rings. The van der Waals surface area contributed by atoms with E-state index in [0.717, 1.165) is 37.1 Å². The quantitative estimate of drug-likeness (QED) is 0.666. The van der Waals surface area contributed by atoms with Crippen LogP contribution in [0.25, 0.3) is 0 Å². The number of fused-ring (bicyclic) bond motifs is 1. The maximum Gasteiger partial charge on any atom is 0.264 e. The number of Topliss-reactive ketones (excluding diaryl/α,β-unsaturated/α-hetero) is 1. The molecule has 0 saturated carbocycles. The second-order valence-electron chi connectivity index (χ2n) is 8.31. The van der Waals surface area contributed by atoms with Gasteiger partial charge in [-0.05, 0) is 50.3 Å². The van der Waals surface area contributed by atoms with Crippen molar-refractivity contribution in [3.8, 4) is 5.75 Å². The molecule has 0 bridgehead atoms. The smallest absolute Gasteiger partial charge is 0.264 e. The third-order valence-electron chi connectivity index (χ3n) is 6.38. The number of thiophene rings is 1. The van der Waals surface area contributed by atoms with Crippen LogP contribution < -0.4 is 4.74 Å². The predicted octanol–water partition coefficient (Wildman–Crippen LogP) is 3.66. The van der Waals surface area contributed by atoms with E-state index in [2.05, 4.69) is 0 Å². The fourth-order valence-electron chi connectivity index (χ4n) is 4.79. The minimum Gasteiger partial charge on any atom is -0.496 e. The molecule has 2 amide bonds. The number of nitrogens with zero attached hydrogens (tertiary/aromatic N) is 2. The summed E-state index contributed by atoms with van der Waals surface area (Å²) < 4.78 is 5.38. The van der Waals surface area contributed by atoms with Crippen molar-refractivity contribution in [1.29, 1.82) is 0 Å². The van der Waals surface area contributed by atoms with Gasteiger partial charge in [0.15, 0.2) is 5.78 Å². The molecule has 2 aliphatic heterocycles. The van der Waals surface area contributed by atoms with Crippen molar-refractivity contribution in [2.45, 2.75) is 38.6 Å². The lowest BCUT2D eigenvalue weighted by Crippen LogP contribution is -2.56. The number of para-hydroxylation sites is 1. The molecule has 3 heterocycles. The Balaban J connectivity index is 1.42. The van der Waals surface area contributed by atoms with Crippen molar-refractivity contribution in [1.82, 2.24) is 9.80 Å². The number of hydrogen-bond acceptors (Lipinski definition) is 5. The Morgan fingerprint density at radius 3 is 2.58 bits per heavy atom. The van der Waals surface area contributed by atoms with E-state index in [1.165, 1.54) is 18.3 Å². The van der Waals surface area contributed by atoms with Crippen LogP contribution in [-0.4, -0.2) is 60.2 Å². The van der Waals surface area contributed by atoms with Crippen LogP contribution in [0.15, 0.2) is 36.4 Å². The highest BCUT2D eigenvalue weighted by Gasteiger charge is 2.39. The van der Waals surface area contributed by atoms with Crippen molar-refractivity contribution in [3.63, 3.8) is 0 Å². The summed E-state index contributed by atoms with van der Waals surface area (Å²) >= 11 is 1.28. The van der Waals surface area contributed by atoms with E-state index in [4.69, 9.17) is 4.74 Å².